The molecule has 1 aromatic heterocycles. The normalized spacial score (nSPS) is 10.6. The summed E-state index contributed by atoms with van der Waals surface area (Å²) in [6.45, 7) is -0.676. The minimum atomic E-state index is -0.812. The molecule has 0 aliphatic carbocycles. The Balaban J connectivity index is 1.69. The van der Waals surface area contributed by atoms with Crippen molar-refractivity contribution in [2.24, 2.45) is 0 Å². The molecule has 1 heterocycles. The maximum Gasteiger partial charge on any atom is 0.355 e. The molecule has 0 saturated heterocycles. The quantitative estimate of drug-likeness (QED) is 0.631. The van der Waals surface area contributed by atoms with Crippen LogP contribution in [0.4, 0.5) is 14.5 Å². The summed E-state index contributed by atoms with van der Waals surface area (Å²) in [5, 5.41) is 2.79. The fourth-order valence-corrected chi connectivity index (χ4v) is 2.56. The van der Waals surface area contributed by atoms with Gasteiger partial charge in [-0.05, 0) is 24.3 Å². The molecule has 1 amide bonds. The molecular weight excluding hydrogens is 374 g/mol. The molecule has 0 unspecified atom stereocenters. The lowest BCUT2D eigenvalue weighted by Gasteiger charge is -2.07. The van der Waals surface area contributed by atoms with Gasteiger partial charge in [0.15, 0.2) is 6.61 Å². The molecule has 0 spiro atoms. The molecule has 0 fully saturated rings. The number of fused-ring (bicyclic) bond motifs is 1. The summed E-state index contributed by atoms with van der Waals surface area (Å²) in [4.78, 5) is 26.9. The van der Waals surface area contributed by atoms with Crippen LogP contribution in [0.3, 0.4) is 0 Å². The summed E-state index contributed by atoms with van der Waals surface area (Å²) in [7, 11) is 2.98. The maximum absolute atomic E-state index is 13.5. The number of benzene rings is 2. The van der Waals surface area contributed by atoms with E-state index in [0.717, 1.165) is 18.2 Å². The minimum absolute atomic E-state index is 0.0892. The number of carbonyl (C=O) groups excluding carboxylic acids is 2. The van der Waals surface area contributed by atoms with Crippen LogP contribution >= 0.6 is 0 Å². The lowest BCUT2D eigenvalue weighted by atomic mass is 10.2. The number of H-pyrrole nitrogens is 1. The molecule has 7 nitrogen and oxygen atoms in total. The minimum Gasteiger partial charge on any atom is -0.497 e. The summed E-state index contributed by atoms with van der Waals surface area (Å²) in [5.41, 5.74) is 0.302. The maximum atomic E-state index is 13.5. The van der Waals surface area contributed by atoms with E-state index in [4.69, 9.17) is 14.2 Å². The van der Waals surface area contributed by atoms with E-state index in [1.54, 1.807) is 12.1 Å². The summed E-state index contributed by atoms with van der Waals surface area (Å²) in [6, 6.07) is 7.49. The van der Waals surface area contributed by atoms with E-state index in [-0.39, 0.29) is 11.4 Å². The molecule has 3 aromatic rings. The van der Waals surface area contributed by atoms with Gasteiger partial charge in [0.05, 0.1) is 25.4 Å². The van der Waals surface area contributed by atoms with Crippen molar-refractivity contribution in [2.75, 3.05) is 26.1 Å². The van der Waals surface area contributed by atoms with Crippen LogP contribution in [0, 0.1) is 11.6 Å². The predicted molar refractivity (Wildman–Crippen MR) is 96.7 cm³/mol. The third-order valence-electron chi connectivity index (χ3n) is 3.88. The zero-order valence-electron chi connectivity index (χ0n) is 15.0. The standard InChI is InChI=1S/C19H16F2N2O5/c1-26-12-5-10-6-15(23-18(10)16(8-12)27-2)19(25)28-9-17(24)22-14-7-11(20)3-4-13(14)21/h3-8,23H,9H2,1-2H3,(H,22,24). The van der Waals surface area contributed by atoms with Gasteiger partial charge < -0.3 is 24.5 Å². The van der Waals surface area contributed by atoms with Gasteiger partial charge in [0.2, 0.25) is 0 Å². The van der Waals surface area contributed by atoms with E-state index >= 15 is 0 Å². The number of carbonyl (C=O) groups is 2. The highest BCUT2D eigenvalue weighted by atomic mass is 19.1. The van der Waals surface area contributed by atoms with Crippen LogP contribution in [0.25, 0.3) is 10.9 Å². The number of rotatable bonds is 6. The molecule has 0 bridgehead atoms. The van der Waals surface area contributed by atoms with Crippen LogP contribution < -0.4 is 14.8 Å². The van der Waals surface area contributed by atoms with Crippen molar-refractivity contribution in [3.05, 3.63) is 53.7 Å². The Hall–Kier alpha value is -3.62. The van der Waals surface area contributed by atoms with Crippen LogP contribution in [0.5, 0.6) is 11.5 Å². The number of hydrogen-bond donors (Lipinski definition) is 2. The number of halogens is 2. The van der Waals surface area contributed by atoms with Gasteiger partial charge in [-0.3, -0.25) is 4.79 Å². The van der Waals surface area contributed by atoms with Crippen LogP contribution in [0.15, 0.2) is 36.4 Å². The van der Waals surface area contributed by atoms with Gasteiger partial charge in [-0.25, -0.2) is 13.6 Å². The Bertz CT molecular complexity index is 1050. The van der Waals surface area contributed by atoms with Crippen molar-refractivity contribution >= 4 is 28.5 Å². The Labute approximate surface area is 158 Å². The fraction of sp³-hybridized carbons (Fsp3) is 0.158. The van der Waals surface area contributed by atoms with E-state index in [2.05, 4.69) is 10.3 Å². The summed E-state index contributed by atoms with van der Waals surface area (Å²) >= 11 is 0. The molecule has 0 aliphatic rings. The summed E-state index contributed by atoms with van der Waals surface area (Å²) in [6.07, 6.45) is 0. The summed E-state index contributed by atoms with van der Waals surface area (Å²) < 4.78 is 42.0. The highest BCUT2D eigenvalue weighted by Gasteiger charge is 2.17. The summed E-state index contributed by atoms with van der Waals surface area (Å²) in [5.74, 6) is -2.12. The van der Waals surface area contributed by atoms with Crippen molar-refractivity contribution in [3.63, 3.8) is 0 Å². The molecule has 146 valence electrons. The Morgan fingerprint density at radius 3 is 2.57 bits per heavy atom. The number of anilines is 1. The monoisotopic (exact) mass is 390 g/mol. The van der Waals surface area contributed by atoms with Crippen LogP contribution in [-0.2, 0) is 9.53 Å². The molecule has 2 N–H and O–H groups in total. The average Bonchev–Trinajstić information content (AvgIpc) is 3.12. The van der Waals surface area contributed by atoms with E-state index in [9.17, 15) is 18.4 Å². The largest absolute Gasteiger partial charge is 0.497 e. The smallest absolute Gasteiger partial charge is 0.355 e. The molecule has 0 aliphatic heterocycles. The first-order valence-corrected chi connectivity index (χ1v) is 8.08. The number of aromatic amines is 1. The molecule has 9 heteroatoms. The van der Waals surface area contributed by atoms with Crippen molar-refractivity contribution in [3.8, 4) is 11.5 Å². The molecule has 28 heavy (non-hydrogen) atoms. The van der Waals surface area contributed by atoms with Gasteiger partial charge >= 0.3 is 5.97 Å². The molecule has 2 aromatic carbocycles. The topological polar surface area (TPSA) is 89.7 Å². The van der Waals surface area contributed by atoms with Crippen molar-refractivity contribution in [1.82, 2.24) is 4.98 Å². The van der Waals surface area contributed by atoms with Gasteiger partial charge in [0.25, 0.3) is 5.91 Å². The second-order valence-electron chi connectivity index (χ2n) is 5.73. The van der Waals surface area contributed by atoms with Crippen molar-refractivity contribution in [1.29, 1.82) is 0 Å². The number of ether oxygens (including phenoxy) is 3. The lowest BCUT2D eigenvalue weighted by Crippen LogP contribution is -2.21. The van der Waals surface area contributed by atoms with E-state index < -0.39 is 30.1 Å². The first-order chi connectivity index (χ1) is 13.4. The number of esters is 1. The second kappa shape index (κ2) is 7.95. The van der Waals surface area contributed by atoms with E-state index in [1.807, 2.05) is 0 Å². The number of methoxy groups -OCH3 is 2. The van der Waals surface area contributed by atoms with Crippen LogP contribution in [-0.4, -0.2) is 37.7 Å². The van der Waals surface area contributed by atoms with Gasteiger partial charge in [-0.15, -0.1) is 0 Å². The number of hydrogen-bond acceptors (Lipinski definition) is 5. The fourth-order valence-electron chi connectivity index (χ4n) is 2.56. The molecule has 0 saturated carbocycles. The number of amides is 1. The second-order valence-corrected chi connectivity index (χ2v) is 5.73. The SMILES string of the molecule is COc1cc(OC)c2[nH]c(C(=O)OCC(=O)Nc3cc(F)ccc3F)cc2c1. The highest BCUT2D eigenvalue weighted by molar-refractivity contribution is 5.99. The predicted octanol–water partition coefficient (Wildman–Crippen LogP) is 3.26. The zero-order valence-corrected chi connectivity index (χ0v) is 15.0. The number of aromatic nitrogens is 1. The Kier molecular flexibility index (Phi) is 5.44. The van der Waals surface area contributed by atoms with E-state index in [1.165, 1.54) is 20.3 Å². The van der Waals surface area contributed by atoms with Crippen LogP contribution in [0.2, 0.25) is 0 Å². The van der Waals surface area contributed by atoms with Gasteiger partial charge in [0.1, 0.15) is 28.8 Å². The highest BCUT2D eigenvalue weighted by Crippen LogP contribution is 2.31. The first-order valence-electron chi connectivity index (χ1n) is 8.08. The average molecular weight is 390 g/mol. The van der Waals surface area contributed by atoms with Gasteiger partial charge in [-0.1, -0.05) is 0 Å². The third kappa shape index (κ3) is 4.03. The Morgan fingerprint density at radius 1 is 1.07 bits per heavy atom. The van der Waals surface area contributed by atoms with Gasteiger partial charge in [-0.2, -0.15) is 0 Å². The van der Waals surface area contributed by atoms with Crippen molar-refractivity contribution < 1.29 is 32.6 Å². The van der Waals surface area contributed by atoms with E-state index in [0.29, 0.717) is 22.4 Å². The Morgan fingerprint density at radius 2 is 1.86 bits per heavy atom. The molecule has 0 atom stereocenters. The molecule has 3 rings (SSSR count). The number of nitrogens with one attached hydrogen (secondary N) is 2. The first kappa shape index (κ1) is 19.2. The third-order valence-corrected chi connectivity index (χ3v) is 3.88. The van der Waals surface area contributed by atoms with Gasteiger partial charge in [0, 0.05) is 17.5 Å². The van der Waals surface area contributed by atoms with Crippen LogP contribution in [0.1, 0.15) is 10.5 Å². The zero-order chi connectivity index (χ0) is 20.3. The molecule has 0 radical (unpaired) electrons. The van der Waals surface area contributed by atoms with Crippen molar-refractivity contribution in [2.45, 2.75) is 0 Å². The lowest BCUT2D eigenvalue weighted by molar-refractivity contribution is -0.119. The molecular formula is C19H16F2N2O5.